The Morgan fingerprint density at radius 1 is 1.24 bits per heavy atom. The Labute approximate surface area is 107 Å². The second-order valence-electron chi connectivity index (χ2n) is 4.07. The van der Waals surface area contributed by atoms with Crippen LogP contribution in [0.25, 0.3) is 0 Å². The van der Waals surface area contributed by atoms with E-state index in [1.165, 1.54) is 31.1 Å². The second kappa shape index (κ2) is 8.23. The molecule has 0 aliphatic carbocycles. The summed E-state index contributed by atoms with van der Waals surface area (Å²) in [5.41, 5.74) is 6.49. The number of nitrogens with two attached hydrogens (primary N) is 1. The van der Waals surface area contributed by atoms with Crippen molar-refractivity contribution < 1.29 is 4.39 Å². The minimum absolute atomic E-state index is 0.271. The van der Waals surface area contributed by atoms with Crippen LogP contribution in [0.15, 0.2) is 18.2 Å². The molecule has 2 nitrogen and oxygen atoms in total. The van der Waals surface area contributed by atoms with E-state index in [2.05, 4.69) is 11.6 Å². The molecule has 0 bridgehead atoms. The smallest absolute Gasteiger partial charge is 0.148 e. The molecule has 0 radical (unpaired) electrons. The van der Waals surface area contributed by atoms with E-state index in [0.29, 0.717) is 11.4 Å². The zero-order valence-electron chi connectivity index (χ0n) is 10.3. The minimum Gasteiger partial charge on any atom is -0.399 e. The van der Waals surface area contributed by atoms with Crippen molar-refractivity contribution in [1.29, 1.82) is 0 Å². The highest BCUT2D eigenvalue weighted by molar-refractivity contribution is 7.98. The molecule has 1 aromatic carbocycles. The van der Waals surface area contributed by atoms with E-state index in [1.54, 1.807) is 12.1 Å². The highest BCUT2D eigenvalue weighted by Gasteiger charge is 2.00. The lowest BCUT2D eigenvalue weighted by Crippen LogP contribution is -2.03. The molecule has 1 rings (SSSR count). The molecule has 0 heterocycles. The third-order valence-corrected chi connectivity index (χ3v) is 3.28. The zero-order valence-corrected chi connectivity index (χ0v) is 11.2. The third kappa shape index (κ3) is 5.82. The molecule has 0 amide bonds. The molecule has 0 fully saturated rings. The van der Waals surface area contributed by atoms with Gasteiger partial charge < -0.3 is 11.1 Å². The number of halogens is 1. The lowest BCUT2D eigenvalue weighted by atomic mass is 10.2. The van der Waals surface area contributed by atoms with Gasteiger partial charge in [-0.3, -0.25) is 0 Å². The van der Waals surface area contributed by atoms with Crippen LogP contribution in [0.2, 0.25) is 0 Å². The summed E-state index contributed by atoms with van der Waals surface area (Å²) in [4.78, 5) is 0. The topological polar surface area (TPSA) is 38.0 Å². The Hall–Kier alpha value is -0.900. The molecule has 3 N–H and O–H groups in total. The Kier molecular flexibility index (Phi) is 6.86. The van der Waals surface area contributed by atoms with Crippen molar-refractivity contribution >= 4 is 23.1 Å². The molecular formula is C13H21FN2S. The number of nitrogens with one attached hydrogen (secondary N) is 1. The summed E-state index contributed by atoms with van der Waals surface area (Å²) in [6, 6.07) is 4.75. The predicted octanol–water partition coefficient (Wildman–Crippen LogP) is 3.74. The van der Waals surface area contributed by atoms with Crippen LogP contribution in [-0.2, 0) is 0 Å². The van der Waals surface area contributed by atoms with Gasteiger partial charge in [0.2, 0.25) is 0 Å². The minimum atomic E-state index is -0.271. The molecule has 0 spiro atoms. The Bertz CT molecular complexity index is 331. The van der Waals surface area contributed by atoms with Crippen molar-refractivity contribution in [1.82, 2.24) is 0 Å². The second-order valence-corrected chi connectivity index (χ2v) is 5.06. The molecule has 0 aromatic heterocycles. The van der Waals surface area contributed by atoms with E-state index >= 15 is 0 Å². The van der Waals surface area contributed by atoms with Gasteiger partial charge in [-0.05, 0) is 43.0 Å². The van der Waals surface area contributed by atoms with Crippen LogP contribution in [0.5, 0.6) is 0 Å². The standard InChI is InChI=1S/C13H21FN2S/c1-17-9-5-3-2-4-8-16-13-7-6-11(15)10-12(13)14/h6-7,10,16H,2-5,8-9,15H2,1H3. The number of anilines is 2. The van der Waals surface area contributed by atoms with Crippen LogP contribution in [-0.4, -0.2) is 18.6 Å². The van der Waals surface area contributed by atoms with Crippen molar-refractivity contribution in [3.05, 3.63) is 24.0 Å². The van der Waals surface area contributed by atoms with Gasteiger partial charge in [-0.1, -0.05) is 12.8 Å². The molecule has 0 unspecified atom stereocenters. The fourth-order valence-corrected chi connectivity index (χ4v) is 2.12. The first-order valence-electron chi connectivity index (χ1n) is 6.02. The molecule has 1 aromatic rings. The van der Waals surface area contributed by atoms with Crippen LogP contribution in [0.4, 0.5) is 15.8 Å². The zero-order chi connectivity index (χ0) is 12.5. The van der Waals surface area contributed by atoms with E-state index in [1.807, 2.05) is 11.8 Å². The average molecular weight is 256 g/mol. The molecule has 17 heavy (non-hydrogen) atoms. The highest BCUT2D eigenvalue weighted by atomic mass is 32.2. The largest absolute Gasteiger partial charge is 0.399 e. The summed E-state index contributed by atoms with van der Waals surface area (Å²) in [5.74, 6) is 0.965. The summed E-state index contributed by atoms with van der Waals surface area (Å²) in [6.07, 6.45) is 6.94. The molecule has 0 saturated carbocycles. The summed E-state index contributed by atoms with van der Waals surface area (Å²) < 4.78 is 13.4. The van der Waals surface area contributed by atoms with Crippen molar-refractivity contribution in [2.24, 2.45) is 0 Å². The third-order valence-electron chi connectivity index (χ3n) is 2.58. The number of nitrogen functional groups attached to an aromatic ring is 1. The van der Waals surface area contributed by atoms with Gasteiger partial charge in [0.05, 0.1) is 5.69 Å². The van der Waals surface area contributed by atoms with Crippen LogP contribution < -0.4 is 11.1 Å². The first-order chi connectivity index (χ1) is 8.24. The SMILES string of the molecule is CSCCCCCCNc1ccc(N)cc1F. The van der Waals surface area contributed by atoms with Crippen LogP contribution in [0.1, 0.15) is 25.7 Å². The molecule has 0 atom stereocenters. The van der Waals surface area contributed by atoms with Gasteiger partial charge in [0.15, 0.2) is 0 Å². The Morgan fingerprint density at radius 3 is 2.71 bits per heavy atom. The number of hydrogen-bond donors (Lipinski definition) is 2. The number of thioether (sulfide) groups is 1. The van der Waals surface area contributed by atoms with Crippen molar-refractivity contribution in [3.63, 3.8) is 0 Å². The molecular weight excluding hydrogens is 235 g/mol. The maximum Gasteiger partial charge on any atom is 0.148 e. The molecule has 4 heteroatoms. The predicted molar refractivity (Wildman–Crippen MR) is 76.2 cm³/mol. The lowest BCUT2D eigenvalue weighted by Gasteiger charge is -2.07. The van der Waals surface area contributed by atoms with Gasteiger partial charge >= 0.3 is 0 Å². The number of rotatable bonds is 8. The number of unbranched alkanes of at least 4 members (excludes halogenated alkanes) is 3. The van der Waals surface area contributed by atoms with Gasteiger partial charge in [0.1, 0.15) is 5.82 Å². The quantitative estimate of drug-likeness (QED) is 0.549. The molecule has 96 valence electrons. The maximum absolute atomic E-state index is 13.4. The molecule has 0 saturated heterocycles. The lowest BCUT2D eigenvalue weighted by molar-refractivity contribution is 0.628. The van der Waals surface area contributed by atoms with Crippen molar-refractivity contribution in [3.8, 4) is 0 Å². The van der Waals surface area contributed by atoms with Crippen LogP contribution in [0.3, 0.4) is 0 Å². The van der Waals surface area contributed by atoms with E-state index in [4.69, 9.17) is 5.73 Å². The molecule has 0 aliphatic heterocycles. The monoisotopic (exact) mass is 256 g/mol. The first kappa shape index (κ1) is 14.2. The normalized spacial score (nSPS) is 10.5. The van der Waals surface area contributed by atoms with E-state index in [0.717, 1.165) is 13.0 Å². The van der Waals surface area contributed by atoms with Gasteiger partial charge in [-0.2, -0.15) is 11.8 Å². The fourth-order valence-electron chi connectivity index (χ4n) is 1.62. The number of hydrogen-bond acceptors (Lipinski definition) is 3. The van der Waals surface area contributed by atoms with E-state index in [9.17, 15) is 4.39 Å². The van der Waals surface area contributed by atoms with Crippen molar-refractivity contribution in [2.45, 2.75) is 25.7 Å². The maximum atomic E-state index is 13.4. The summed E-state index contributed by atoms with van der Waals surface area (Å²) in [6.45, 7) is 0.820. The van der Waals surface area contributed by atoms with Gasteiger partial charge in [0, 0.05) is 12.2 Å². The first-order valence-corrected chi connectivity index (χ1v) is 7.41. The highest BCUT2D eigenvalue weighted by Crippen LogP contribution is 2.16. The summed E-state index contributed by atoms with van der Waals surface area (Å²) >= 11 is 1.89. The molecule has 0 aliphatic rings. The Balaban J connectivity index is 2.14. The van der Waals surface area contributed by atoms with Crippen LogP contribution >= 0.6 is 11.8 Å². The van der Waals surface area contributed by atoms with E-state index in [-0.39, 0.29) is 5.82 Å². The summed E-state index contributed by atoms with van der Waals surface area (Å²) in [5, 5.41) is 3.10. The van der Waals surface area contributed by atoms with E-state index < -0.39 is 0 Å². The average Bonchev–Trinajstić information content (AvgIpc) is 2.30. The number of benzene rings is 1. The van der Waals surface area contributed by atoms with Crippen LogP contribution in [0, 0.1) is 5.82 Å². The van der Waals surface area contributed by atoms with Gasteiger partial charge in [-0.15, -0.1) is 0 Å². The van der Waals surface area contributed by atoms with Gasteiger partial charge in [-0.25, -0.2) is 4.39 Å². The fraction of sp³-hybridized carbons (Fsp3) is 0.538. The Morgan fingerprint density at radius 2 is 2.00 bits per heavy atom. The summed E-state index contributed by atoms with van der Waals surface area (Å²) in [7, 11) is 0. The van der Waals surface area contributed by atoms with Gasteiger partial charge in [0.25, 0.3) is 0 Å². The van der Waals surface area contributed by atoms with Crippen molar-refractivity contribution in [2.75, 3.05) is 29.6 Å².